The van der Waals surface area contributed by atoms with Crippen molar-refractivity contribution in [2.75, 3.05) is 56.0 Å². The summed E-state index contributed by atoms with van der Waals surface area (Å²) in [6.45, 7) is 1.07. The summed E-state index contributed by atoms with van der Waals surface area (Å²) in [5, 5.41) is 6.23. The molecule has 0 atom stereocenters. The van der Waals surface area contributed by atoms with Gasteiger partial charge < -0.3 is 30.1 Å². The van der Waals surface area contributed by atoms with Crippen LogP contribution in [0.3, 0.4) is 0 Å². The molecule has 210 valence electrons. The maximum atomic E-state index is 14.9. The number of fused-ring (bicyclic) bond motifs is 1. The first-order valence-corrected chi connectivity index (χ1v) is 13.4. The van der Waals surface area contributed by atoms with Crippen LogP contribution in [0.25, 0.3) is 0 Å². The number of amides is 2. The molecule has 2 aliphatic heterocycles. The lowest BCUT2D eigenvalue weighted by atomic mass is 10.0. The standard InChI is InChI=1S/C27H35F2N7O3/c1-34-13-11-17(12-14-34)31-24(37)19-9-6-10-21(39-3)22(19)32-26-30-15-20-23(33-26)36(18-7-4-5-8-18)16-27(28,29)25(38)35(20)2/h6,9-10,15,17-18H,4-5,7-8,11-14,16H2,1-3H3,(H,31,37)(H,30,32,33). The number of rotatable bonds is 6. The normalized spacial score (nSPS) is 20.5. The molecular weight excluding hydrogens is 508 g/mol. The van der Waals surface area contributed by atoms with E-state index in [4.69, 9.17) is 4.74 Å². The average Bonchev–Trinajstić information content (AvgIpc) is 3.45. The van der Waals surface area contributed by atoms with E-state index < -0.39 is 18.4 Å². The zero-order chi connectivity index (χ0) is 27.7. The van der Waals surface area contributed by atoms with Crippen molar-refractivity contribution in [3.63, 3.8) is 0 Å². The predicted octanol–water partition coefficient (Wildman–Crippen LogP) is 3.41. The van der Waals surface area contributed by atoms with E-state index in [0.717, 1.165) is 56.5 Å². The second-order valence-electron chi connectivity index (χ2n) is 10.6. The van der Waals surface area contributed by atoms with Gasteiger partial charge in [-0.15, -0.1) is 0 Å². The first-order valence-electron chi connectivity index (χ1n) is 13.4. The highest BCUT2D eigenvalue weighted by atomic mass is 19.3. The Balaban J connectivity index is 1.48. The van der Waals surface area contributed by atoms with E-state index in [1.165, 1.54) is 20.4 Å². The number of piperidine rings is 1. The van der Waals surface area contributed by atoms with Crippen LogP contribution in [0.15, 0.2) is 24.4 Å². The van der Waals surface area contributed by atoms with Crippen LogP contribution in [-0.2, 0) is 4.79 Å². The van der Waals surface area contributed by atoms with Gasteiger partial charge in [0.15, 0.2) is 5.82 Å². The number of para-hydroxylation sites is 1. The summed E-state index contributed by atoms with van der Waals surface area (Å²) < 4.78 is 35.4. The van der Waals surface area contributed by atoms with Crippen molar-refractivity contribution >= 4 is 35.0 Å². The Morgan fingerprint density at radius 1 is 1.13 bits per heavy atom. The molecule has 12 heteroatoms. The van der Waals surface area contributed by atoms with Gasteiger partial charge in [-0.2, -0.15) is 13.8 Å². The van der Waals surface area contributed by atoms with Crippen LogP contribution in [0.5, 0.6) is 5.75 Å². The Labute approximate surface area is 226 Å². The Kier molecular flexibility index (Phi) is 7.57. The second kappa shape index (κ2) is 10.9. The van der Waals surface area contributed by atoms with E-state index in [0.29, 0.717) is 17.0 Å². The molecule has 1 saturated carbocycles. The number of carbonyl (C=O) groups is 2. The molecule has 3 aliphatic rings. The summed E-state index contributed by atoms with van der Waals surface area (Å²) in [6.07, 6.45) is 6.44. The quantitative estimate of drug-likeness (QED) is 0.572. The van der Waals surface area contributed by atoms with Gasteiger partial charge in [0.05, 0.1) is 31.1 Å². The molecule has 0 spiro atoms. The molecule has 2 aromatic rings. The lowest BCUT2D eigenvalue weighted by Gasteiger charge is -2.31. The first-order chi connectivity index (χ1) is 18.7. The van der Waals surface area contributed by atoms with E-state index in [1.807, 2.05) is 0 Å². The number of nitrogens with one attached hydrogen (secondary N) is 2. The number of ether oxygens (including phenoxy) is 1. The molecule has 10 nitrogen and oxygen atoms in total. The third-order valence-corrected chi connectivity index (χ3v) is 7.92. The molecule has 2 amide bonds. The number of halogens is 2. The molecule has 0 unspecified atom stereocenters. The summed E-state index contributed by atoms with van der Waals surface area (Å²) >= 11 is 0. The molecule has 39 heavy (non-hydrogen) atoms. The number of methoxy groups -OCH3 is 1. The molecule has 2 fully saturated rings. The number of likely N-dealkylation sites (tertiary alicyclic amines) is 1. The van der Waals surface area contributed by atoms with Gasteiger partial charge in [0, 0.05) is 19.1 Å². The zero-order valence-electron chi connectivity index (χ0n) is 22.5. The van der Waals surface area contributed by atoms with Crippen LogP contribution in [0.4, 0.5) is 31.9 Å². The number of benzene rings is 1. The molecule has 1 aliphatic carbocycles. The fourth-order valence-corrected chi connectivity index (χ4v) is 5.65. The van der Waals surface area contributed by atoms with E-state index in [9.17, 15) is 18.4 Å². The molecule has 3 heterocycles. The Hall–Kier alpha value is -3.54. The largest absolute Gasteiger partial charge is 0.495 e. The lowest BCUT2D eigenvalue weighted by molar-refractivity contribution is -0.140. The number of hydrogen-bond acceptors (Lipinski definition) is 8. The monoisotopic (exact) mass is 543 g/mol. The summed E-state index contributed by atoms with van der Waals surface area (Å²) in [5.41, 5.74) is 0.953. The minimum Gasteiger partial charge on any atom is -0.495 e. The van der Waals surface area contributed by atoms with E-state index in [-0.39, 0.29) is 35.4 Å². The van der Waals surface area contributed by atoms with E-state index in [2.05, 4.69) is 32.5 Å². The van der Waals surface area contributed by atoms with E-state index in [1.54, 1.807) is 23.1 Å². The summed E-state index contributed by atoms with van der Waals surface area (Å²) in [7, 11) is 4.88. The van der Waals surface area contributed by atoms with Crippen molar-refractivity contribution in [1.82, 2.24) is 20.2 Å². The van der Waals surface area contributed by atoms with Gasteiger partial charge in [-0.1, -0.05) is 18.9 Å². The lowest BCUT2D eigenvalue weighted by Crippen LogP contribution is -2.48. The van der Waals surface area contributed by atoms with Gasteiger partial charge in [0.25, 0.3) is 11.8 Å². The number of carbonyl (C=O) groups excluding carboxylic acids is 2. The van der Waals surface area contributed by atoms with Gasteiger partial charge in [0.1, 0.15) is 11.4 Å². The highest BCUT2D eigenvalue weighted by Crippen LogP contribution is 2.40. The summed E-state index contributed by atoms with van der Waals surface area (Å²) in [6, 6.07) is 5.05. The summed E-state index contributed by atoms with van der Waals surface area (Å²) in [4.78, 5) is 39.6. The van der Waals surface area contributed by atoms with Crippen LogP contribution in [0.2, 0.25) is 0 Å². The maximum Gasteiger partial charge on any atom is 0.342 e. The van der Waals surface area contributed by atoms with Crippen LogP contribution >= 0.6 is 0 Å². The fraction of sp³-hybridized carbons (Fsp3) is 0.556. The maximum absolute atomic E-state index is 14.9. The third kappa shape index (κ3) is 5.47. The highest BCUT2D eigenvalue weighted by Gasteiger charge is 2.48. The topological polar surface area (TPSA) is 103 Å². The van der Waals surface area contributed by atoms with Gasteiger partial charge in [-0.25, -0.2) is 4.98 Å². The predicted molar refractivity (Wildman–Crippen MR) is 144 cm³/mol. The van der Waals surface area contributed by atoms with Gasteiger partial charge in [-0.05, 0) is 58.0 Å². The van der Waals surface area contributed by atoms with Crippen LogP contribution in [0, 0.1) is 0 Å². The Morgan fingerprint density at radius 2 is 1.85 bits per heavy atom. The number of alkyl halides is 2. The van der Waals surface area contributed by atoms with Crippen molar-refractivity contribution in [3.8, 4) is 5.75 Å². The van der Waals surface area contributed by atoms with Gasteiger partial charge in [-0.3, -0.25) is 9.59 Å². The number of hydrogen-bond donors (Lipinski definition) is 2. The molecule has 5 rings (SSSR count). The number of aromatic nitrogens is 2. The third-order valence-electron chi connectivity index (χ3n) is 7.92. The van der Waals surface area contributed by atoms with Crippen LogP contribution < -0.4 is 25.2 Å². The zero-order valence-corrected chi connectivity index (χ0v) is 22.5. The van der Waals surface area contributed by atoms with Crippen molar-refractivity contribution in [2.24, 2.45) is 0 Å². The smallest absolute Gasteiger partial charge is 0.342 e. The minimum atomic E-state index is -3.56. The Bertz CT molecular complexity index is 1230. The van der Waals surface area contributed by atoms with Gasteiger partial charge in [0.2, 0.25) is 5.95 Å². The molecule has 0 radical (unpaired) electrons. The molecule has 1 aromatic carbocycles. The highest BCUT2D eigenvalue weighted by molar-refractivity contribution is 6.03. The molecule has 1 aromatic heterocycles. The SMILES string of the molecule is COc1cccc(C(=O)NC2CCN(C)CC2)c1Nc1ncc2c(n1)N(C1CCCC1)CC(F)(F)C(=O)N2C. The van der Waals surface area contributed by atoms with Gasteiger partial charge >= 0.3 is 5.92 Å². The summed E-state index contributed by atoms with van der Waals surface area (Å²) in [5.74, 6) is -4.31. The van der Waals surface area contributed by atoms with Crippen molar-refractivity contribution in [3.05, 3.63) is 30.0 Å². The van der Waals surface area contributed by atoms with Crippen LogP contribution in [0.1, 0.15) is 48.9 Å². The van der Waals surface area contributed by atoms with E-state index >= 15 is 0 Å². The average molecular weight is 544 g/mol. The Morgan fingerprint density at radius 3 is 2.54 bits per heavy atom. The first kappa shape index (κ1) is 27.0. The molecule has 2 N–H and O–H groups in total. The number of anilines is 4. The molecule has 1 saturated heterocycles. The van der Waals surface area contributed by atoms with Crippen LogP contribution in [-0.4, -0.2) is 85.5 Å². The number of nitrogens with zero attached hydrogens (tertiary/aromatic N) is 5. The second-order valence-corrected chi connectivity index (χ2v) is 10.6. The fourth-order valence-electron chi connectivity index (χ4n) is 5.65. The molecule has 0 bridgehead atoms. The molecular formula is C27H35F2N7O3. The van der Waals surface area contributed by atoms with Crippen molar-refractivity contribution in [1.29, 1.82) is 0 Å². The minimum absolute atomic E-state index is 0.0613. The van der Waals surface area contributed by atoms with Crippen molar-refractivity contribution in [2.45, 2.75) is 56.5 Å². The van der Waals surface area contributed by atoms with Crippen molar-refractivity contribution < 1.29 is 23.1 Å².